The summed E-state index contributed by atoms with van der Waals surface area (Å²) in [5, 5.41) is 14.4. The van der Waals surface area contributed by atoms with Crippen molar-refractivity contribution in [1.29, 1.82) is 0 Å². The van der Waals surface area contributed by atoms with Gasteiger partial charge in [0.1, 0.15) is 45.7 Å². The Morgan fingerprint density at radius 2 is 1.83 bits per heavy atom. The molecule has 15 nitrogen and oxygen atoms in total. The number of benzene rings is 1. The summed E-state index contributed by atoms with van der Waals surface area (Å²) in [6.07, 6.45) is 6.96. The molecule has 2 aromatic heterocycles. The molecule has 7 rings (SSSR count). The van der Waals surface area contributed by atoms with Crippen LogP contribution >= 0.6 is 11.3 Å². The smallest absolute Gasteiger partial charge is 0.319 e. The van der Waals surface area contributed by atoms with E-state index in [-0.39, 0.29) is 25.5 Å². The monoisotopic (exact) mass is 779 g/mol. The topological polar surface area (TPSA) is 192 Å². The van der Waals surface area contributed by atoms with Gasteiger partial charge in [0, 0.05) is 36.0 Å². The van der Waals surface area contributed by atoms with Crippen LogP contribution in [0.1, 0.15) is 71.3 Å². The zero-order chi connectivity index (χ0) is 38.4. The summed E-state index contributed by atoms with van der Waals surface area (Å²) in [5.41, 5.74) is 0.249. The summed E-state index contributed by atoms with van der Waals surface area (Å²) in [6, 6.07) is 5.56. The normalized spacial score (nSPS) is 24.9. The molecular weight excluding hydrogens is 735 g/mol. The Kier molecular flexibility index (Phi) is 10.4. The van der Waals surface area contributed by atoms with Gasteiger partial charge in [0.25, 0.3) is 5.91 Å². The third-order valence-corrected chi connectivity index (χ3v) is 13.7. The van der Waals surface area contributed by atoms with Crippen LogP contribution in [0.25, 0.3) is 22.0 Å². The number of rotatable bonds is 15. The van der Waals surface area contributed by atoms with E-state index in [2.05, 4.69) is 21.6 Å². The number of amides is 3. The molecule has 1 saturated heterocycles. The molecule has 3 saturated carbocycles. The van der Waals surface area contributed by atoms with Crippen LogP contribution in [0.2, 0.25) is 0 Å². The van der Waals surface area contributed by atoms with E-state index < -0.39 is 74.3 Å². The standard InChI is InChI=1S/C37H45N7O8S2/c1-5-21(3)29(35(47)52-26-8-7-9-26)34(46)43-20-24(44-40-30(22-10-12-25(51-4)13-11-22)31(41-44)33-38-16-17-53-33)18-28(43)32(45)39-37(19-23(37)6-2)36(48)42-54(49,50)27-14-15-27/h6,10-13,16-17,21,23-24,26-29H,2,5,7-9,14-15,18-20H2,1,3-4H3,(H,39,45)(H,42,48)/t21?,23-,24-,28+,29+,37+/m1/s1. The van der Waals surface area contributed by atoms with Gasteiger partial charge in [0.15, 0.2) is 0 Å². The molecule has 3 aromatic rings. The number of hydrogen-bond donors (Lipinski definition) is 2. The number of carbonyl (C=O) groups excluding carboxylic acids is 4. The molecule has 2 N–H and O–H groups in total. The van der Waals surface area contributed by atoms with Gasteiger partial charge in [0.2, 0.25) is 21.8 Å². The van der Waals surface area contributed by atoms with Gasteiger partial charge in [-0.15, -0.1) is 23.0 Å². The molecule has 0 bridgehead atoms. The molecule has 3 heterocycles. The number of nitrogens with zero attached hydrogens (tertiary/aromatic N) is 5. The maximum atomic E-state index is 14.6. The molecule has 288 valence electrons. The fourth-order valence-electron chi connectivity index (χ4n) is 7.12. The van der Waals surface area contributed by atoms with Crippen molar-refractivity contribution >= 4 is 45.1 Å². The fraction of sp³-hybridized carbons (Fsp3) is 0.541. The van der Waals surface area contributed by atoms with Crippen LogP contribution in [0.15, 0.2) is 48.5 Å². The van der Waals surface area contributed by atoms with Crippen LogP contribution in [0, 0.1) is 17.8 Å². The highest BCUT2D eigenvalue weighted by molar-refractivity contribution is 7.91. The van der Waals surface area contributed by atoms with Gasteiger partial charge in [-0.05, 0) is 68.7 Å². The van der Waals surface area contributed by atoms with Crippen molar-refractivity contribution < 1.29 is 37.1 Å². The summed E-state index contributed by atoms with van der Waals surface area (Å²) < 4.78 is 38.8. The zero-order valence-electron chi connectivity index (χ0n) is 30.5. The molecule has 17 heteroatoms. The van der Waals surface area contributed by atoms with Gasteiger partial charge in [-0.3, -0.25) is 23.9 Å². The van der Waals surface area contributed by atoms with E-state index in [4.69, 9.17) is 19.7 Å². The quantitative estimate of drug-likeness (QED) is 0.130. The van der Waals surface area contributed by atoms with Crippen LogP contribution in [0.5, 0.6) is 5.75 Å². The second-order valence-electron chi connectivity index (χ2n) is 14.7. The van der Waals surface area contributed by atoms with E-state index in [0.717, 1.165) is 24.8 Å². The van der Waals surface area contributed by atoms with Crippen molar-refractivity contribution in [3.8, 4) is 27.7 Å². The molecule has 4 aliphatic rings. The largest absolute Gasteiger partial charge is 0.497 e. The average molecular weight is 780 g/mol. The van der Waals surface area contributed by atoms with Gasteiger partial charge < -0.3 is 19.7 Å². The molecular formula is C37H45N7O8S2. The minimum absolute atomic E-state index is 0.0191. The zero-order valence-corrected chi connectivity index (χ0v) is 32.1. The first-order valence-electron chi connectivity index (χ1n) is 18.4. The summed E-state index contributed by atoms with van der Waals surface area (Å²) in [5.74, 6) is -4.11. The van der Waals surface area contributed by atoms with E-state index >= 15 is 0 Å². The van der Waals surface area contributed by atoms with Gasteiger partial charge in [-0.2, -0.15) is 9.90 Å². The molecule has 6 atom stereocenters. The lowest BCUT2D eigenvalue weighted by Crippen LogP contribution is -2.57. The number of nitrogens with one attached hydrogen (secondary N) is 2. The molecule has 3 amide bonds. The summed E-state index contributed by atoms with van der Waals surface area (Å²) in [4.78, 5) is 63.5. The molecule has 3 aliphatic carbocycles. The first kappa shape index (κ1) is 37.7. The van der Waals surface area contributed by atoms with E-state index in [0.29, 0.717) is 41.4 Å². The van der Waals surface area contributed by atoms with Crippen molar-refractivity contribution in [1.82, 2.24) is 34.9 Å². The Bertz CT molecular complexity index is 2030. The van der Waals surface area contributed by atoms with Crippen molar-refractivity contribution in [3.63, 3.8) is 0 Å². The number of hydrogen-bond acceptors (Lipinski definition) is 12. The number of likely N-dealkylation sites (tertiary alicyclic amines) is 1. The Labute approximate surface area is 317 Å². The second kappa shape index (κ2) is 14.9. The molecule has 54 heavy (non-hydrogen) atoms. The highest BCUT2D eigenvalue weighted by Gasteiger charge is 2.62. The number of sulfonamides is 1. The van der Waals surface area contributed by atoms with Crippen LogP contribution < -0.4 is 14.8 Å². The Hall–Kier alpha value is -4.64. The van der Waals surface area contributed by atoms with Gasteiger partial charge in [-0.1, -0.05) is 26.3 Å². The minimum Gasteiger partial charge on any atom is -0.497 e. The predicted octanol–water partition coefficient (Wildman–Crippen LogP) is 3.65. The highest BCUT2D eigenvalue weighted by atomic mass is 32.2. The van der Waals surface area contributed by atoms with Crippen molar-refractivity contribution in [2.75, 3.05) is 13.7 Å². The first-order valence-corrected chi connectivity index (χ1v) is 20.8. The molecule has 1 aromatic carbocycles. The molecule has 0 radical (unpaired) electrons. The lowest BCUT2D eigenvalue weighted by Gasteiger charge is -2.32. The third kappa shape index (κ3) is 7.27. The summed E-state index contributed by atoms with van der Waals surface area (Å²) >= 11 is 1.39. The number of thiazole rings is 1. The molecule has 1 aliphatic heterocycles. The minimum atomic E-state index is -3.91. The van der Waals surface area contributed by atoms with E-state index in [9.17, 15) is 27.6 Å². The van der Waals surface area contributed by atoms with Gasteiger partial charge in [-0.25, -0.2) is 13.4 Å². The number of aromatic nitrogens is 4. The maximum absolute atomic E-state index is 14.6. The number of carbonyl (C=O) groups is 4. The second-order valence-corrected chi connectivity index (χ2v) is 17.6. The van der Waals surface area contributed by atoms with Crippen molar-refractivity contribution in [2.24, 2.45) is 17.8 Å². The summed E-state index contributed by atoms with van der Waals surface area (Å²) in [6.45, 7) is 7.46. The Morgan fingerprint density at radius 1 is 1.11 bits per heavy atom. The SMILES string of the molecule is C=C[C@@H]1C[C@@]1(NC(=O)[C@@H]1C[C@@H](n2nc(-c3ccc(OC)cc3)c(-c3nccs3)n2)CN1C(=O)[C@@H](C(=O)OC1CCC1)C(C)CC)C(=O)NS(=O)(=O)C1CC1. The fourth-order valence-corrected chi connectivity index (χ4v) is 9.11. The maximum Gasteiger partial charge on any atom is 0.319 e. The van der Waals surface area contributed by atoms with Gasteiger partial charge >= 0.3 is 5.97 Å². The van der Waals surface area contributed by atoms with Crippen molar-refractivity contribution in [2.45, 2.75) is 94.2 Å². The first-order chi connectivity index (χ1) is 25.9. The molecule has 1 unspecified atom stereocenters. The van der Waals surface area contributed by atoms with Crippen LogP contribution in [-0.4, -0.2) is 93.6 Å². The van der Waals surface area contributed by atoms with E-state index in [1.165, 1.54) is 27.1 Å². The Balaban J connectivity index is 1.22. The van der Waals surface area contributed by atoms with Crippen molar-refractivity contribution in [3.05, 3.63) is 48.5 Å². The highest BCUT2D eigenvalue weighted by Crippen LogP contribution is 2.46. The number of methoxy groups -OCH3 is 1. The Morgan fingerprint density at radius 3 is 2.41 bits per heavy atom. The number of ether oxygens (including phenoxy) is 2. The molecule has 4 fully saturated rings. The number of esters is 1. The van der Waals surface area contributed by atoms with Crippen LogP contribution in [0.4, 0.5) is 0 Å². The third-order valence-electron chi connectivity index (χ3n) is 11.1. The lowest BCUT2D eigenvalue weighted by atomic mass is 9.89. The predicted molar refractivity (Wildman–Crippen MR) is 198 cm³/mol. The van der Waals surface area contributed by atoms with Crippen LogP contribution in [0.3, 0.4) is 0 Å². The van der Waals surface area contributed by atoms with E-state index in [1.807, 2.05) is 43.5 Å². The molecule has 0 spiro atoms. The summed E-state index contributed by atoms with van der Waals surface area (Å²) in [7, 11) is -2.33. The average Bonchev–Trinajstić information content (AvgIpc) is 3.91. The van der Waals surface area contributed by atoms with Crippen LogP contribution in [-0.2, 0) is 33.9 Å². The van der Waals surface area contributed by atoms with E-state index in [1.54, 1.807) is 13.3 Å². The lowest BCUT2D eigenvalue weighted by molar-refractivity contribution is -0.166. The van der Waals surface area contributed by atoms with Gasteiger partial charge in [0.05, 0.1) is 18.4 Å².